The first-order valence-corrected chi connectivity index (χ1v) is 9.78. The molecule has 0 N–H and O–H groups in total. The molecule has 130 valence electrons. The van der Waals surface area contributed by atoms with Gasteiger partial charge in [-0.1, -0.05) is 29.8 Å². The third-order valence-electron chi connectivity index (χ3n) is 4.23. The van der Waals surface area contributed by atoms with E-state index in [0.29, 0.717) is 43.3 Å². The molecular weight excluding hydrogens is 358 g/mol. The van der Waals surface area contributed by atoms with Gasteiger partial charge in [-0.25, -0.2) is 8.42 Å². The Kier molecular flexibility index (Phi) is 5.40. The summed E-state index contributed by atoms with van der Waals surface area (Å²) in [5.74, 6) is 0. The Bertz CT molecular complexity index is 901. The first-order chi connectivity index (χ1) is 12.0. The van der Waals surface area contributed by atoms with Gasteiger partial charge in [0.15, 0.2) is 0 Å². The van der Waals surface area contributed by atoms with Crippen LogP contribution < -0.4 is 0 Å². The molecule has 0 amide bonds. The van der Waals surface area contributed by atoms with Gasteiger partial charge in [0.1, 0.15) is 0 Å². The molecule has 0 unspecified atom stereocenters. The van der Waals surface area contributed by atoms with Crippen LogP contribution in [0.25, 0.3) is 0 Å². The minimum absolute atomic E-state index is 0.232. The van der Waals surface area contributed by atoms with Crippen molar-refractivity contribution in [3.05, 3.63) is 64.7 Å². The number of piperazine rings is 1. The summed E-state index contributed by atoms with van der Waals surface area (Å²) in [6.45, 7) is 2.88. The molecule has 1 saturated heterocycles. The molecular formula is C18H18ClN3O2S. The summed E-state index contributed by atoms with van der Waals surface area (Å²) < 4.78 is 26.9. The van der Waals surface area contributed by atoms with Gasteiger partial charge in [0.2, 0.25) is 10.0 Å². The van der Waals surface area contributed by atoms with E-state index in [9.17, 15) is 8.42 Å². The molecule has 7 heteroatoms. The van der Waals surface area contributed by atoms with E-state index in [2.05, 4.69) is 11.0 Å². The minimum Gasteiger partial charge on any atom is -0.296 e. The van der Waals surface area contributed by atoms with Crippen LogP contribution in [0.5, 0.6) is 0 Å². The van der Waals surface area contributed by atoms with Crippen LogP contribution in [0.4, 0.5) is 0 Å². The average Bonchev–Trinajstić information content (AvgIpc) is 2.62. The van der Waals surface area contributed by atoms with E-state index in [-0.39, 0.29) is 4.90 Å². The normalized spacial score (nSPS) is 16.5. The first kappa shape index (κ1) is 17.9. The molecule has 0 bridgehead atoms. The molecule has 1 aliphatic rings. The quantitative estimate of drug-likeness (QED) is 0.824. The van der Waals surface area contributed by atoms with E-state index in [1.807, 2.05) is 18.2 Å². The van der Waals surface area contributed by atoms with Gasteiger partial charge < -0.3 is 0 Å². The van der Waals surface area contributed by atoms with Crippen LogP contribution in [0, 0.1) is 11.3 Å². The van der Waals surface area contributed by atoms with Gasteiger partial charge in [0.25, 0.3) is 0 Å². The van der Waals surface area contributed by atoms with E-state index in [1.165, 1.54) is 10.4 Å². The van der Waals surface area contributed by atoms with E-state index in [0.717, 1.165) is 5.56 Å². The maximum absolute atomic E-state index is 12.7. The summed E-state index contributed by atoms with van der Waals surface area (Å²) in [4.78, 5) is 2.43. The number of nitriles is 1. The van der Waals surface area contributed by atoms with Crippen molar-refractivity contribution in [1.82, 2.24) is 9.21 Å². The fourth-order valence-corrected chi connectivity index (χ4v) is 4.63. The van der Waals surface area contributed by atoms with Gasteiger partial charge in [0, 0.05) is 37.7 Å². The molecule has 1 fully saturated rings. The number of nitrogens with zero attached hydrogens (tertiary/aromatic N) is 3. The van der Waals surface area contributed by atoms with Crippen LogP contribution in [0.1, 0.15) is 11.1 Å². The van der Waals surface area contributed by atoms with Gasteiger partial charge in [-0.15, -0.1) is 0 Å². The Hall–Kier alpha value is -1.91. The Labute approximate surface area is 153 Å². The average molecular weight is 376 g/mol. The zero-order valence-electron chi connectivity index (χ0n) is 13.6. The summed E-state index contributed by atoms with van der Waals surface area (Å²) in [6, 6.07) is 16.0. The first-order valence-electron chi connectivity index (χ1n) is 7.96. The molecule has 5 nitrogen and oxygen atoms in total. The highest BCUT2D eigenvalue weighted by atomic mass is 35.5. The van der Waals surface area contributed by atoms with E-state index < -0.39 is 10.0 Å². The maximum atomic E-state index is 12.7. The van der Waals surface area contributed by atoms with E-state index >= 15 is 0 Å². The fraction of sp³-hybridized carbons (Fsp3) is 0.278. The van der Waals surface area contributed by atoms with Crippen molar-refractivity contribution in [2.75, 3.05) is 26.2 Å². The molecule has 1 heterocycles. The SMILES string of the molecule is N#Cc1cccc(CN2CCN(S(=O)(=O)c3cccc(Cl)c3)CC2)c1. The monoisotopic (exact) mass is 375 g/mol. The number of halogens is 1. The molecule has 0 saturated carbocycles. The van der Waals surface area contributed by atoms with Crippen molar-refractivity contribution < 1.29 is 8.42 Å². The molecule has 2 aromatic rings. The Morgan fingerprint density at radius 3 is 2.44 bits per heavy atom. The van der Waals surface area contributed by atoms with Crippen LogP contribution in [0.15, 0.2) is 53.4 Å². The van der Waals surface area contributed by atoms with Crippen molar-refractivity contribution >= 4 is 21.6 Å². The highest BCUT2D eigenvalue weighted by Gasteiger charge is 2.28. The second kappa shape index (κ2) is 7.54. The molecule has 0 aliphatic carbocycles. The number of rotatable bonds is 4. The minimum atomic E-state index is -3.51. The molecule has 3 rings (SSSR count). The van der Waals surface area contributed by atoms with E-state index in [1.54, 1.807) is 24.3 Å². The Morgan fingerprint density at radius 2 is 1.76 bits per heavy atom. The second-order valence-corrected chi connectivity index (χ2v) is 8.32. The zero-order valence-corrected chi connectivity index (χ0v) is 15.2. The van der Waals surface area contributed by atoms with Gasteiger partial charge in [-0.05, 0) is 35.9 Å². The smallest absolute Gasteiger partial charge is 0.243 e. The third kappa shape index (κ3) is 4.20. The van der Waals surface area contributed by atoms with Crippen molar-refractivity contribution in [3.8, 4) is 6.07 Å². The van der Waals surface area contributed by atoms with Gasteiger partial charge in [-0.2, -0.15) is 9.57 Å². The van der Waals surface area contributed by atoms with Crippen LogP contribution in [0.2, 0.25) is 5.02 Å². The molecule has 0 atom stereocenters. The van der Waals surface area contributed by atoms with Crippen LogP contribution in [-0.4, -0.2) is 43.8 Å². The number of sulfonamides is 1. The van der Waals surface area contributed by atoms with Gasteiger partial charge in [0.05, 0.1) is 16.5 Å². The Balaban J connectivity index is 1.64. The standard InChI is InChI=1S/C18H18ClN3O2S/c19-17-5-2-6-18(12-17)25(23,24)22-9-7-21(8-10-22)14-16-4-1-3-15(11-16)13-20/h1-6,11-12H,7-10,14H2. The fourth-order valence-electron chi connectivity index (χ4n) is 2.90. The third-order valence-corrected chi connectivity index (χ3v) is 6.36. The maximum Gasteiger partial charge on any atom is 0.243 e. The zero-order chi connectivity index (χ0) is 17.9. The van der Waals surface area contributed by atoms with Gasteiger partial charge >= 0.3 is 0 Å². The number of hydrogen-bond donors (Lipinski definition) is 0. The molecule has 2 aromatic carbocycles. The van der Waals surface area contributed by atoms with Crippen molar-refractivity contribution in [3.63, 3.8) is 0 Å². The Morgan fingerprint density at radius 1 is 1.04 bits per heavy atom. The highest BCUT2D eigenvalue weighted by molar-refractivity contribution is 7.89. The van der Waals surface area contributed by atoms with Crippen LogP contribution >= 0.6 is 11.6 Å². The van der Waals surface area contributed by atoms with Gasteiger partial charge in [-0.3, -0.25) is 4.90 Å². The summed E-state index contributed by atoms with van der Waals surface area (Å²) in [5, 5.41) is 9.39. The lowest BCUT2D eigenvalue weighted by Gasteiger charge is -2.34. The molecule has 0 aromatic heterocycles. The largest absolute Gasteiger partial charge is 0.296 e. The summed E-state index contributed by atoms with van der Waals surface area (Å²) in [5.41, 5.74) is 1.70. The second-order valence-electron chi connectivity index (χ2n) is 5.95. The predicted molar refractivity (Wildman–Crippen MR) is 96.6 cm³/mol. The lowest BCUT2D eigenvalue weighted by atomic mass is 10.1. The predicted octanol–water partition coefficient (Wildman–Crippen LogP) is 2.72. The summed E-state index contributed by atoms with van der Waals surface area (Å²) >= 11 is 5.91. The summed E-state index contributed by atoms with van der Waals surface area (Å²) in [7, 11) is -3.51. The number of benzene rings is 2. The molecule has 0 radical (unpaired) electrons. The molecule has 0 spiro atoms. The van der Waals surface area contributed by atoms with Crippen molar-refractivity contribution in [2.24, 2.45) is 0 Å². The molecule has 25 heavy (non-hydrogen) atoms. The number of hydrogen-bond acceptors (Lipinski definition) is 4. The lowest BCUT2D eigenvalue weighted by molar-refractivity contribution is 0.181. The molecule has 1 aliphatic heterocycles. The van der Waals surface area contributed by atoms with E-state index in [4.69, 9.17) is 16.9 Å². The van der Waals surface area contributed by atoms with Crippen LogP contribution in [0.3, 0.4) is 0 Å². The van der Waals surface area contributed by atoms with Crippen LogP contribution in [-0.2, 0) is 16.6 Å². The van der Waals surface area contributed by atoms with Crippen molar-refractivity contribution in [2.45, 2.75) is 11.4 Å². The van der Waals surface area contributed by atoms with Crippen molar-refractivity contribution in [1.29, 1.82) is 5.26 Å². The highest BCUT2D eigenvalue weighted by Crippen LogP contribution is 2.21. The topological polar surface area (TPSA) is 64.4 Å². The lowest BCUT2D eigenvalue weighted by Crippen LogP contribution is -2.48. The summed E-state index contributed by atoms with van der Waals surface area (Å²) in [6.07, 6.45) is 0.